The molecule has 3 aromatic rings. The number of pyridine rings is 1. The summed E-state index contributed by atoms with van der Waals surface area (Å²) in [6.07, 6.45) is 6.72. The molecular weight excluding hydrogens is 310 g/mol. The van der Waals surface area contributed by atoms with E-state index in [0.29, 0.717) is 5.19 Å². The SMILES string of the molecule is COc1nc2ccc(NC(=O)/C=C/c3cnccc3C)cc2s1. The summed E-state index contributed by atoms with van der Waals surface area (Å²) in [4.78, 5) is 20.4. The monoisotopic (exact) mass is 325 g/mol. The van der Waals surface area contributed by atoms with E-state index in [0.717, 1.165) is 27.0 Å². The van der Waals surface area contributed by atoms with Crippen LogP contribution in [0.25, 0.3) is 16.3 Å². The summed E-state index contributed by atoms with van der Waals surface area (Å²) in [5.74, 6) is -0.191. The lowest BCUT2D eigenvalue weighted by Gasteiger charge is -2.02. The summed E-state index contributed by atoms with van der Waals surface area (Å²) in [5.41, 5.74) is 3.57. The Labute approximate surface area is 137 Å². The van der Waals surface area contributed by atoms with Crippen LogP contribution in [0.3, 0.4) is 0 Å². The molecule has 0 radical (unpaired) electrons. The van der Waals surface area contributed by atoms with Crippen LogP contribution in [0.5, 0.6) is 5.19 Å². The van der Waals surface area contributed by atoms with Gasteiger partial charge in [0.25, 0.3) is 5.19 Å². The first-order valence-corrected chi connectivity index (χ1v) is 7.81. The van der Waals surface area contributed by atoms with Crippen molar-refractivity contribution in [2.24, 2.45) is 0 Å². The smallest absolute Gasteiger partial charge is 0.274 e. The van der Waals surface area contributed by atoms with Crippen molar-refractivity contribution in [1.29, 1.82) is 0 Å². The van der Waals surface area contributed by atoms with Crippen molar-refractivity contribution in [2.45, 2.75) is 6.92 Å². The molecule has 23 heavy (non-hydrogen) atoms. The number of rotatable bonds is 4. The van der Waals surface area contributed by atoms with Crippen molar-refractivity contribution in [3.63, 3.8) is 0 Å². The number of nitrogens with zero attached hydrogens (tertiary/aromatic N) is 2. The maximum atomic E-state index is 12.0. The number of amides is 1. The van der Waals surface area contributed by atoms with Crippen molar-refractivity contribution in [1.82, 2.24) is 9.97 Å². The molecule has 0 spiro atoms. The number of hydrogen-bond donors (Lipinski definition) is 1. The molecule has 0 aliphatic rings. The van der Waals surface area contributed by atoms with E-state index in [2.05, 4.69) is 15.3 Å². The first kappa shape index (κ1) is 15.2. The molecule has 0 aliphatic heterocycles. The maximum absolute atomic E-state index is 12.0. The highest BCUT2D eigenvalue weighted by atomic mass is 32.1. The van der Waals surface area contributed by atoms with Crippen molar-refractivity contribution >= 4 is 39.2 Å². The summed E-state index contributed by atoms with van der Waals surface area (Å²) < 4.78 is 6.09. The Kier molecular flexibility index (Phi) is 4.34. The van der Waals surface area contributed by atoms with Crippen molar-refractivity contribution in [2.75, 3.05) is 12.4 Å². The van der Waals surface area contributed by atoms with Gasteiger partial charge < -0.3 is 10.1 Å². The molecule has 116 valence electrons. The van der Waals surface area contributed by atoms with Gasteiger partial charge in [0.05, 0.1) is 17.3 Å². The van der Waals surface area contributed by atoms with Gasteiger partial charge in [-0.1, -0.05) is 11.3 Å². The number of carbonyl (C=O) groups is 1. The van der Waals surface area contributed by atoms with Crippen LogP contribution in [0.15, 0.2) is 42.7 Å². The Morgan fingerprint density at radius 3 is 3.00 bits per heavy atom. The zero-order valence-electron chi connectivity index (χ0n) is 12.7. The Hall–Kier alpha value is -2.73. The van der Waals surface area contributed by atoms with Crippen molar-refractivity contribution in [3.8, 4) is 5.19 Å². The van der Waals surface area contributed by atoms with Gasteiger partial charge in [-0.3, -0.25) is 9.78 Å². The van der Waals surface area contributed by atoms with Gasteiger partial charge in [-0.25, -0.2) is 4.98 Å². The van der Waals surface area contributed by atoms with E-state index in [1.807, 2.05) is 31.2 Å². The first-order chi connectivity index (χ1) is 11.2. The number of methoxy groups -OCH3 is 1. The molecule has 0 saturated heterocycles. The molecule has 5 nitrogen and oxygen atoms in total. The van der Waals surface area contributed by atoms with Gasteiger partial charge in [-0.2, -0.15) is 0 Å². The average molecular weight is 325 g/mol. The average Bonchev–Trinajstić information content (AvgIpc) is 2.96. The summed E-state index contributed by atoms with van der Waals surface area (Å²) in [6, 6.07) is 7.47. The Balaban J connectivity index is 1.73. The minimum Gasteiger partial charge on any atom is -0.473 e. The fraction of sp³-hybridized carbons (Fsp3) is 0.118. The van der Waals surface area contributed by atoms with Crippen LogP contribution < -0.4 is 10.1 Å². The minimum absolute atomic E-state index is 0.191. The number of thiazole rings is 1. The zero-order valence-corrected chi connectivity index (χ0v) is 13.6. The van der Waals surface area contributed by atoms with Crippen LogP contribution in [0.1, 0.15) is 11.1 Å². The number of ether oxygens (including phenoxy) is 1. The second-order valence-corrected chi connectivity index (χ2v) is 5.91. The van der Waals surface area contributed by atoms with E-state index in [-0.39, 0.29) is 5.91 Å². The summed E-state index contributed by atoms with van der Waals surface area (Å²) in [5, 5.41) is 3.45. The van der Waals surface area contributed by atoms with Gasteiger partial charge in [-0.15, -0.1) is 0 Å². The molecule has 0 unspecified atom stereocenters. The molecule has 1 aromatic carbocycles. The molecular formula is C17H15N3O2S. The van der Waals surface area contributed by atoms with Crippen LogP contribution in [-0.4, -0.2) is 23.0 Å². The quantitative estimate of drug-likeness (QED) is 0.744. The fourth-order valence-corrected chi connectivity index (χ4v) is 2.89. The van der Waals surface area contributed by atoms with Crippen molar-refractivity contribution in [3.05, 3.63) is 53.9 Å². The number of benzene rings is 1. The van der Waals surface area contributed by atoms with E-state index >= 15 is 0 Å². The van der Waals surface area contributed by atoms with E-state index in [1.165, 1.54) is 17.4 Å². The molecule has 1 amide bonds. The lowest BCUT2D eigenvalue weighted by atomic mass is 10.1. The van der Waals surface area contributed by atoms with E-state index in [9.17, 15) is 4.79 Å². The molecule has 2 heterocycles. The van der Waals surface area contributed by atoms with Gasteiger partial charge in [0, 0.05) is 24.2 Å². The first-order valence-electron chi connectivity index (χ1n) is 7.00. The number of nitrogens with one attached hydrogen (secondary N) is 1. The number of aromatic nitrogens is 2. The third-order valence-corrected chi connectivity index (χ3v) is 4.28. The molecule has 0 atom stereocenters. The Morgan fingerprint density at radius 2 is 2.22 bits per heavy atom. The molecule has 6 heteroatoms. The predicted octanol–water partition coefficient (Wildman–Crippen LogP) is 3.66. The Morgan fingerprint density at radius 1 is 1.35 bits per heavy atom. The lowest BCUT2D eigenvalue weighted by Crippen LogP contribution is -2.07. The molecule has 0 bridgehead atoms. The second-order valence-electron chi connectivity index (χ2n) is 4.92. The van der Waals surface area contributed by atoms with Crippen LogP contribution in [0.2, 0.25) is 0 Å². The number of aryl methyl sites for hydroxylation is 1. The minimum atomic E-state index is -0.191. The molecule has 1 N–H and O–H groups in total. The second kappa shape index (κ2) is 6.58. The van der Waals surface area contributed by atoms with Gasteiger partial charge in [0.1, 0.15) is 0 Å². The fourth-order valence-electron chi connectivity index (χ4n) is 2.07. The number of hydrogen-bond acceptors (Lipinski definition) is 5. The third-order valence-electron chi connectivity index (χ3n) is 3.30. The van der Waals surface area contributed by atoms with Crippen LogP contribution in [0, 0.1) is 6.92 Å². The van der Waals surface area contributed by atoms with Gasteiger partial charge in [-0.05, 0) is 48.4 Å². The molecule has 2 aromatic heterocycles. The lowest BCUT2D eigenvalue weighted by molar-refractivity contribution is -0.111. The topological polar surface area (TPSA) is 64.1 Å². The van der Waals surface area contributed by atoms with E-state index in [1.54, 1.807) is 25.6 Å². The van der Waals surface area contributed by atoms with Crippen LogP contribution in [-0.2, 0) is 4.79 Å². The Bertz CT molecular complexity index is 886. The van der Waals surface area contributed by atoms with Crippen LogP contribution in [0.4, 0.5) is 5.69 Å². The number of anilines is 1. The summed E-state index contributed by atoms with van der Waals surface area (Å²) >= 11 is 1.44. The van der Waals surface area contributed by atoms with Gasteiger partial charge in [0.2, 0.25) is 5.91 Å². The summed E-state index contributed by atoms with van der Waals surface area (Å²) in [7, 11) is 1.59. The van der Waals surface area contributed by atoms with Gasteiger partial charge >= 0.3 is 0 Å². The van der Waals surface area contributed by atoms with E-state index in [4.69, 9.17) is 4.74 Å². The maximum Gasteiger partial charge on any atom is 0.274 e. The van der Waals surface area contributed by atoms with Gasteiger partial charge in [0.15, 0.2) is 0 Å². The third kappa shape index (κ3) is 3.54. The largest absolute Gasteiger partial charge is 0.473 e. The highest BCUT2D eigenvalue weighted by Gasteiger charge is 2.06. The standard InChI is InChI=1S/C17H15N3O2S/c1-11-7-8-18-10-12(11)3-6-16(21)19-13-4-5-14-15(9-13)23-17(20-14)22-2/h3-10H,1-2H3,(H,19,21)/b6-3+. The molecule has 3 rings (SSSR count). The zero-order chi connectivity index (χ0) is 16.2. The highest BCUT2D eigenvalue weighted by molar-refractivity contribution is 7.20. The molecule has 0 saturated carbocycles. The van der Waals surface area contributed by atoms with Crippen molar-refractivity contribution < 1.29 is 9.53 Å². The normalized spacial score (nSPS) is 11.0. The molecule has 0 aliphatic carbocycles. The molecule has 0 fully saturated rings. The number of carbonyl (C=O) groups excluding carboxylic acids is 1. The summed E-state index contributed by atoms with van der Waals surface area (Å²) in [6.45, 7) is 1.98. The van der Waals surface area contributed by atoms with E-state index < -0.39 is 0 Å². The van der Waals surface area contributed by atoms with Crippen LogP contribution >= 0.6 is 11.3 Å². The number of fused-ring (bicyclic) bond motifs is 1. The highest BCUT2D eigenvalue weighted by Crippen LogP contribution is 2.29. The predicted molar refractivity (Wildman–Crippen MR) is 92.8 cm³/mol.